The number of carbonyl (C=O) groups is 1. The first-order valence-electron chi connectivity index (χ1n) is 9.37. The molecule has 0 atom stereocenters. The lowest BCUT2D eigenvalue weighted by atomic mass is 9.94. The third-order valence-electron chi connectivity index (χ3n) is 4.83. The summed E-state index contributed by atoms with van der Waals surface area (Å²) < 4.78 is 11.2. The molecule has 4 rings (SSSR count). The average molecular weight is 378 g/mol. The number of aromatic nitrogens is 2. The molecule has 2 aromatic heterocycles. The van der Waals surface area contributed by atoms with Gasteiger partial charge in [0.05, 0.1) is 11.9 Å². The molecule has 0 radical (unpaired) electrons. The van der Waals surface area contributed by atoms with E-state index < -0.39 is 0 Å². The Morgan fingerprint density at radius 1 is 1.18 bits per heavy atom. The van der Waals surface area contributed by atoms with Crippen molar-refractivity contribution in [2.45, 2.75) is 25.4 Å². The van der Waals surface area contributed by atoms with Crippen LogP contribution < -0.4 is 10.1 Å². The summed E-state index contributed by atoms with van der Waals surface area (Å²) in [6.45, 7) is 1.79. The highest BCUT2D eigenvalue weighted by molar-refractivity contribution is 5.89. The van der Waals surface area contributed by atoms with Crippen LogP contribution in [0.15, 0.2) is 65.4 Å². The molecular weight excluding hydrogens is 356 g/mol. The van der Waals surface area contributed by atoms with Gasteiger partial charge in [0.2, 0.25) is 0 Å². The number of piperidine rings is 1. The molecular formula is C21H22N4O3. The molecule has 1 aliphatic heterocycles. The number of anilines is 1. The van der Waals surface area contributed by atoms with Gasteiger partial charge in [-0.05, 0) is 35.7 Å². The molecule has 0 bridgehead atoms. The fourth-order valence-electron chi connectivity index (χ4n) is 3.27. The topological polar surface area (TPSA) is 80.5 Å². The van der Waals surface area contributed by atoms with Crippen LogP contribution in [0.3, 0.4) is 0 Å². The van der Waals surface area contributed by atoms with E-state index in [0.29, 0.717) is 31.3 Å². The number of nitrogens with zero attached hydrogens (tertiary/aromatic N) is 3. The van der Waals surface area contributed by atoms with Crippen LogP contribution in [0, 0.1) is 0 Å². The van der Waals surface area contributed by atoms with Crippen LogP contribution in [-0.2, 0) is 6.61 Å². The van der Waals surface area contributed by atoms with E-state index >= 15 is 0 Å². The van der Waals surface area contributed by atoms with Gasteiger partial charge < -0.3 is 19.5 Å². The number of hydrogen-bond acceptors (Lipinski definition) is 5. The smallest absolute Gasteiger partial charge is 0.321 e. The zero-order valence-corrected chi connectivity index (χ0v) is 15.5. The molecule has 1 N–H and O–H groups in total. The Kier molecular flexibility index (Phi) is 5.51. The SMILES string of the molecule is O=C(Nc1cccnc1)N1CCC(c2cc(OCc3ccccc3)no2)CC1. The predicted molar refractivity (Wildman–Crippen MR) is 104 cm³/mol. The largest absolute Gasteiger partial charge is 0.471 e. The fraction of sp³-hybridized carbons (Fsp3) is 0.286. The van der Waals surface area contributed by atoms with Crippen molar-refractivity contribution in [3.63, 3.8) is 0 Å². The summed E-state index contributed by atoms with van der Waals surface area (Å²) in [7, 11) is 0. The zero-order valence-electron chi connectivity index (χ0n) is 15.5. The van der Waals surface area contributed by atoms with E-state index in [0.717, 1.165) is 24.2 Å². The molecule has 7 heteroatoms. The third kappa shape index (κ3) is 4.49. The molecule has 0 unspecified atom stereocenters. The highest BCUT2D eigenvalue weighted by Gasteiger charge is 2.26. The first-order chi connectivity index (χ1) is 13.8. The monoisotopic (exact) mass is 378 g/mol. The minimum absolute atomic E-state index is 0.101. The summed E-state index contributed by atoms with van der Waals surface area (Å²) in [5, 5.41) is 6.89. The van der Waals surface area contributed by atoms with Crippen LogP contribution in [0.25, 0.3) is 0 Å². The van der Waals surface area contributed by atoms with E-state index in [2.05, 4.69) is 15.5 Å². The summed E-state index contributed by atoms with van der Waals surface area (Å²) in [6, 6.07) is 15.3. The normalized spacial score (nSPS) is 14.6. The first kappa shape index (κ1) is 18.0. The highest BCUT2D eigenvalue weighted by atomic mass is 16.5. The number of benzene rings is 1. The number of pyridine rings is 1. The summed E-state index contributed by atoms with van der Waals surface area (Å²) in [5.74, 6) is 1.55. The standard InChI is InChI=1S/C21H22N4O3/c26-21(23-18-7-4-10-22-14-18)25-11-8-17(9-12-25)19-13-20(24-28-19)27-15-16-5-2-1-3-6-16/h1-7,10,13-14,17H,8-9,11-12,15H2,(H,23,26). The molecule has 2 amide bonds. The fourth-order valence-corrected chi connectivity index (χ4v) is 3.27. The van der Waals surface area contributed by atoms with E-state index in [1.54, 1.807) is 18.5 Å². The maximum atomic E-state index is 12.4. The second-order valence-electron chi connectivity index (χ2n) is 6.77. The number of urea groups is 1. The Balaban J connectivity index is 1.27. The molecule has 0 aliphatic carbocycles. The molecule has 28 heavy (non-hydrogen) atoms. The quantitative estimate of drug-likeness (QED) is 0.724. The van der Waals surface area contributed by atoms with E-state index in [4.69, 9.17) is 9.26 Å². The number of hydrogen-bond donors (Lipinski definition) is 1. The Morgan fingerprint density at radius 2 is 2.00 bits per heavy atom. The van der Waals surface area contributed by atoms with Crippen molar-refractivity contribution in [3.8, 4) is 5.88 Å². The Bertz CT molecular complexity index is 890. The minimum Gasteiger partial charge on any atom is -0.471 e. The predicted octanol–water partition coefficient (Wildman–Crippen LogP) is 4.06. The van der Waals surface area contributed by atoms with Gasteiger partial charge in [-0.15, -0.1) is 0 Å². The second-order valence-corrected chi connectivity index (χ2v) is 6.77. The van der Waals surface area contributed by atoms with Crippen molar-refractivity contribution in [1.29, 1.82) is 0 Å². The number of amides is 2. The molecule has 0 saturated carbocycles. The number of ether oxygens (including phenoxy) is 1. The van der Waals surface area contributed by atoms with Gasteiger partial charge in [0.25, 0.3) is 5.88 Å². The number of nitrogens with one attached hydrogen (secondary N) is 1. The number of rotatable bonds is 5. The van der Waals surface area contributed by atoms with Gasteiger partial charge in [-0.2, -0.15) is 0 Å². The minimum atomic E-state index is -0.101. The second kappa shape index (κ2) is 8.56. The van der Waals surface area contributed by atoms with Gasteiger partial charge in [0.15, 0.2) is 0 Å². The molecule has 0 spiro atoms. The van der Waals surface area contributed by atoms with Crippen molar-refractivity contribution in [1.82, 2.24) is 15.0 Å². The van der Waals surface area contributed by atoms with Crippen molar-refractivity contribution in [2.24, 2.45) is 0 Å². The van der Waals surface area contributed by atoms with Crippen LogP contribution in [0.5, 0.6) is 5.88 Å². The van der Waals surface area contributed by atoms with Crippen LogP contribution >= 0.6 is 0 Å². The van der Waals surface area contributed by atoms with Crippen LogP contribution in [-0.4, -0.2) is 34.2 Å². The van der Waals surface area contributed by atoms with Crippen molar-refractivity contribution >= 4 is 11.7 Å². The van der Waals surface area contributed by atoms with E-state index in [1.165, 1.54) is 0 Å². The maximum absolute atomic E-state index is 12.4. The molecule has 1 aliphatic rings. The Morgan fingerprint density at radius 3 is 2.75 bits per heavy atom. The number of carbonyl (C=O) groups excluding carboxylic acids is 1. The van der Waals surface area contributed by atoms with Crippen molar-refractivity contribution in [3.05, 3.63) is 72.2 Å². The van der Waals surface area contributed by atoms with E-state index in [-0.39, 0.29) is 11.9 Å². The molecule has 1 aromatic carbocycles. The van der Waals surface area contributed by atoms with E-state index in [9.17, 15) is 4.79 Å². The number of likely N-dealkylation sites (tertiary alicyclic amines) is 1. The molecule has 144 valence electrons. The summed E-state index contributed by atoms with van der Waals surface area (Å²) >= 11 is 0. The molecule has 3 aromatic rings. The van der Waals surface area contributed by atoms with Crippen LogP contribution in [0.2, 0.25) is 0 Å². The summed E-state index contributed by atoms with van der Waals surface area (Å²) in [4.78, 5) is 18.2. The van der Waals surface area contributed by atoms with Gasteiger partial charge in [-0.1, -0.05) is 30.3 Å². The lowest BCUT2D eigenvalue weighted by Gasteiger charge is -2.30. The third-order valence-corrected chi connectivity index (χ3v) is 4.83. The lowest BCUT2D eigenvalue weighted by Crippen LogP contribution is -2.40. The molecule has 1 saturated heterocycles. The first-order valence-corrected chi connectivity index (χ1v) is 9.37. The lowest BCUT2D eigenvalue weighted by molar-refractivity contribution is 0.188. The van der Waals surface area contributed by atoms with Gasteiger partial charge in [-0.25, -0.2) is 4.79 Å². The van der Waals surface area contributed by atoms with Crippen molar-refractivity contribution < 1.29 is 14.1 Å². The molecule has 7 nitrogen and oxygen atoms in total. The van der Waals surface area contributed by atoms with Gasteiger partial charge in [-0.3, -0.25) is 4.98 Å². The molecule has 1 fully saturated rings. The Labute approximate surface area is 163 Å². The van der Waals surface area contributed by atoms with E-state index in [1.807, 2.05) is 47.4 Å². The van der Waals surface area contributed by atoms with Crippen molar-refractivity contribution in [2.75, 3.05) is 18.4 Å². The van der Waals surface area contributed by atoms with Crippen LogP contribution in [0.4, 0.5) is 10.5 Å². The van der Waals surface area contributed by atoms with Gasteiger partial charge in [0.1, 0.15) is 12.4 Å². The van der Waals surface area contributed by atoms with Gasteiger partial charge >= 0.3 is 6.03 Å². The average Bonchev–Trinajstić information content (AvgIpc) is 3.23. The highest BCUT2D eigenvalue weighted by Crippen LogP contribution is 2.30. The summed E-state index contributed by atoms with van der Waals surface area (Å²) in [5.41, 5.74) is 1.78. The zero-order chi connectivity index (χ0) is 19.2. The van der Waals surface area contributed by atoms with Gasteiger partial charge in [0, 0.05) is 31.3 Å². The summed E-state index contributed by atoms with van der Waals surface area (Å²) in [6.07, 6.45) is 4.97. The maximum Gasteiger partial charge on any atom is 0.321 e. The molecule has 3 heterocycles. The Hall–Kier alpha value is -3.35. The van der Waals surface area contributed by atoms with Crippen LogP contribution in [0.1, 0.15) is 30.1 Å².